The minimum absolute atomic E-state index is 0.147. The molecule has 2 rings (SSSR count). The summed E-state index contributed by atoms with van der Waals surface area (Å²) in [6.45, 7) is 7.77. The number of nitrogens with zero attached hydrogens (tertiary/aromatic N) is 3. The van der Waals surface area contributed by atoms with Gasteiger partial charge in [-0.1, -0.05) is 6.07 Å². The van der Waals surface area contributed by atoms with Gasteiger partial charge in [0.05, 0.1) is 0 Å². The molecule has 24 heavy (non-hydrogen) atoms. The van der Waals surface area contributed by atoms with Gasteiger partial charge in [0.15, 0.2) is 5.96 Å². The van der Waals surface area contributed by atoms with E-state index in [1.54, 1.807) is 6.07 Å². The smallest absolute Gasteiger partial charge is 0.193 e. The lowest BCUT2D eigenvalue weighted by Crippen LogP contribution is -2.50. The number of rotatable bonds is 4. The predicted octanol–water partition coefficient (Wildman–Crippen LogP) is 2.79. The zero-order valence-corrected chi connectivity index (χ0v) is 16.2. The summed E-state index contributed by atoms with van der Waals surface area (Å²) in [6.07, 6.45) is 0. The van der Waals surface area contributed by atoms with Crippen molar-refractivity contribution in [1.82, 2.24) is 15.1 Å². The lowest BCUT2D eigenvalue weighted by molar-refractivity contribution is 0.375. The third-order valence-electron chi connectivity index (χ3n) is 3.98. The molecule has 0 saturated carbocycles. The van der Waals surface area contributed by atoms with Gasteiger partial charge in [-0.25, -0.2) is 4.39 Å². The summed E-state index contributed by atoms with van der Waals surface area (Å²) in [7, 11) is 5.71. The lowest BCUT2D eigenvalue weighted by Gasteiger charge is -2.39. The number of hydrogen-bond donors (Lipinski definition) is 1. The van der Waals surface area contributed by atoms with Crippen LogP contribution in [0.15, 0.2) is 23.2 Å². The highest BCUT2D eigenvalue weighted by Gasteiger charge is 2.28. The Balaban J connectivity index is 2.01. The molecule has 134 valence electrons. The predicted molar refractivity (Wildman–Crippen MR) is 102 cm³/mol. The van der Waals surface area contributed by atoms with Gasteiger partial charge in [-0.2, -0.15) is 11.8 Å². The molecule has 1 aliphatic rings. The quantitative estimate of drug-likeness (QED) is 0.667. The third-order valence-corrected chi connectivity index (χ3v) is 5.28. The monoisotopic (exact) mass is 352 g/mol. The van der Waals surface area contributed by atoms with Crippen molar-refractivity contribution in [3.8, 4) is 0 Å². The number of benzene rings is 1. The highest BCUT2D eigenvalue weighted by atomic mass is 32.2. The summed E-state index contributed by atoms with van der Waals surface area (Å²) in [5.74, 6) is 1.88. The van der Waals surface area contributed by atoms with Crippen molar-refractivity contribution in [2.24, 2.45) is 4.99 Å². The van der Waals surface area contributed by atoms with Crippen LogP contribution in [-0.4, -0.2) is 60.5 Å². The fourth-order valence-corrected chi connectivity index (χ4v) is 4.02. The van der Waals surface area contributed by atoms with Gasteiger partial charge in [0.2, 0.25) is 0 Å². The van der Waals surface area contributed by atoms with Crippen molar-refractivity contribution in [3.63, 3.8) is 0 Å². The molecule has 1 saturated heterocycles. The Hall–Kier alpha value is -1.27. The minimum atomic E-state index is -0.147. The molecule has 1 fully saturated rings. The first-order valence-corrected chi connectivity index (χ1v) is 9.31. The maximum absolute atomic E-state index is 13.9. The first kappa shape index (κ1) is 19.1. The molecular formula is C18H29FN4S. The van der Waals surface area contributed by atoms with Gasteiger partial charge in [-0.05, 0) is 45.6 Å². The van der Waals surface area contributed by atoms with Gasteiger partial charge < -0.3 is 15.1 Å². The summed E-state index contributed by atoms with van der Waals surface area (Å²) in [5.41, 5.74) is 1.80. The van der Waals surface area contributed by atoms with Crippen LogP contribution in [0.2, 0.25) is 0 Å². The molecule has 1 aromatic carbocycles. The van der Waals surface area contributed by atoms with Gasteiger partial charge in [0.1, 0.15) is 5.82 Å². The number of thioether (sulfide) groups is 1. The first-order valence-electron chi connectivity index (χ1n) is 8.32. The van der Waals surface area contributed by atoms with Crippen molar-refractivity contribution in [1.29, 1.82) is 0 Å². The average Bonchev–Trinajstić information content (AvgIpc) is 2.49. The Morgan fingerprint density at radius 3 is 2.79 bits per heavy atom. The van der Waals surface area contributed by atoms with Gasteiger partial charge >= 0.3 is 0 Å². The van der Waals surface area contributed by atoms with E-state index in [1.165, 1.54) is 0 Å². The van der Waals surface area contributed by atoms with E-state index in [1.807, 2.05) is 49.9 Å². The number of halogens is 1. The van der Waals surface area contributed by atoms with Crippen molar-refractivity contribution >= 4 is 17.7 Å². The zero-order valence-electron chi connectivity index (χ0n) is 15.4. The maximum atomic E-state index is 13.9. The van der Waals surface area contributed by atoms with Gasteiger partial charge in [-0.15, -0.1) is 0 Å². The molecule has 0 aromatic heterocycles. The Labute approximate surface area is 149 Å². The minimum Gasteiger partial charge on any atom is -0.352 e. The Bertz CT molecular complexity index is 586. The van der Waals surface area contributed by atoms with Crippen molar-refractivity contribution < 1.29 is 4.39 Å². The molecule has 4 nitrogen and oxygen atoms in total. The number of hydrogen-bond acceptors (Lipinski definition) is 3. The highest BCUT2D eigenvalue weighted by Crippen LogP contribution is 2.29. The lowest BCUT2D eigenvalue weighted by atomic mass is 10.1. The Kier molecular flexibility index (Phi) is 6.52. The van der Waals surface area contributed by atoms with Crippen LogP contribution in [0.5, 0.6) is 0 Å². The second-order valence-electron chi connectivity index (χ2n) is 7.09. The third kappa shape index (κ3) is 5.38. The molecule has 1 N–H and O–H groups in total. The van der Waals surface area contributed by atoms with Crippen molar-refractivity contribution in [3.05, 3.63) is 35.1 Å². The number of nitrogens with one attached hydrogen (secondary N) is 1. The van der Waals surface area contributed by atoms with Crippen LogP contribution in [0.4, 0.5) is 4.39 Å². The maximum Gasteiger partial charge on any atom is 0.193 e. The fraction of sp³-hybridized carbons (Fsp3) is 0.611. The Morgan fingerprint density at radius 1 is 1.42 bits per heavy atom. The van der Waals surface area contributed by atoms with E-state index < -0.39 is 0 Å². The van der Waals surface area contributed by atoms with Crippen LogP contribution in [0.25, 0.3) is 0 Å². The Morgan fingerprint density at radius 2 is 2.17 bits per heavy atom. The van der Waals surface area contributed by atoms with Crippen LogP contribution in [0.3, 0.4) is 0 Å². The van der Waals surface area contributed by atoms with E-state index in [0.29, 0.717) is 13.1 Å². The molecule has 0 unspecified atom stereocenters. The van der Waals surface area contributed by atoms with Gasteiger partial charge in [0, 0.05) is 49.3 Å². The largest absolute Gasteiger partial charge is 0.352 e. The molecule has 0 radical (unpaired) electrons. The van der Waals surface area contributed by atoms with Gasteiger partial charge in [-0.3, -0.25) is 4.99 Å². The molecule has 0 spiro atoms. The van der Waals surface area contributed by atoms with E-state index in [4.69, 9.17) is 0 Å². The van der Waals surface area contributed by atoms with E-state index in [0.717, 1.165) is 35.9 Å². The molecule has 6 heteroatoms. The normalized spacial score (nSPS) is 18.1. The van der Waals surface area contributed by atoms with Crippen LogP contribution in [0, 0.1) is 5.82 Å². The van der Waals surface area contributed by atoms with E-state index in [-0.39, 0.29) is 10.6 Å². The van der Waals surface area contributed by atoms with Gasteiger partial charge in [0.25, 0.3) is 0 Å². The average molecular weight is 353 g/mol. The van der Waals surface area contributed by atoms with E-state index >= 15 is 0 Å². The zero-order chi connectivity index (χ0) is 17.7. The molecule has 0 aliphatic carbocycles. The number of guanidine groups is 1. The van der Waals surface area contributed by atoms with Crippen molar-refractivity contribution in [2.75, 3.05) is 40.0 Å². The van der Waals surface area contributed by atoms with Crippen LogP contribution < -0.4 is 5.32 Å². The molecule has 0 amide bonds. The molecule has 1 aromatic rings. The molecule has 1 heterocycles. The molecular weight excluding hydrogens is 323 g/mol. The van der Waals surface area contributed by atoms with Crippen LogP contribution >= 0.6 is 11.8 Å². The van der Waals surface area contributed by atoms with E-state index in [9.17, 15) is 4.39 Å². The standard InChI is InChI=1S/C18H29FN4S/c1-18(2)13-23(8-9-24-18)17(20-3)21-11-14-6-7-16(19)15(10-14)12-22(4)5/h6-7,10H,8-9,11-13H2,1-5H3,(H,20,21). The summed E-state index contributed by atoms with van der Waals surface area (Å²) < 4.78 is 14.1. The highest BCUT2D eigenvalue weighted by molar-refractivity contribution is 8.00. The molecule has 1 aliphatic heterocycles. The summed E-state index contributed by atoms with van der Waals surface area (Å²) in [5, 5.41) is 3.42. The first-order chi connectivity index (χ1) is 11.3. The molecule has 0 bridgehead atoms. The topological polar surface area (TPSA) is 30.9 Å². The number of aliphatic imine (C=N–C) groups is 1. The summed E-state index contributed by atoms with van der Waals surface area (Å²) in [6, 6.07) is 5.33. The van der Waals surface area contributed by atoms with Crippen molar-refractivity contribution in [2.45, 2.75) is 31.7 Å². The second-order valence-corrected chi connectivity index (χ2v) is 8.90. The second kappa shape index (κ2) is 8.21. The molecule has 0 atom stereocenters. The summed E-state index contributed by atoms with van der Waals surface area (Å²) >= 11 is 2.00. The van der Waals surface area contributed by atoms with E-state index in [2.05, 4.69) is 29.1 Å². The van der Waals surface area contributed by atoms with Crippen LogP contribution in [-0.2, 0) is 13.1 Å². The summed E-state index contributed by atoms with van der Waals surface area (Å²) in [4.78, 5) is 8.70. The fourth-order valence-electron chi connectivity index (χ4n) is 2.91. The van der Waals surface area contributed by atoms with Crippen LogP contribution in [0.1, 0.15) is 25.0 Å². The SMILES string of the molecule is CN=C(NCc1ccc(F)c(CN(C)C)c1)N1CCSC(C)(C)C1.